The van der Waals surface area contributed by atoms with Crippen molar-refractivity contribution in [2.75, 3.05) is 28.6 Å². The van der Waals surface area contributed by atoms with Crippen molar-refractivity contribution in [2.24, 2.45) is 0 Å². The molecule has 2 aliphatic heterocycles. The molecule has 3 aromatic carbocycles. The molecule has 1 saturated heterocycles. The lowest BCUT2D eigenvalue weighted by atomic mass is 9.99. The van der Waals surface area contributed by atoms with Crippen molar-refractivity contribution in [1.29, 1.82) is 0 Å². The molecule has 0 atom stereocenters. The molecule has 11 nitrogen and oxygen atoms in total. The molecule has 2 aliphatic rings. The van der Waals surface area contributed by atoms with Gasteiger partial charge in [0.05, 0.1) is 12.2 Å². The number of piperidine rings is 1. The fourth-order valence-electron chi connectivity index (χ4n) is 5.96. The van der Waals surface area contributed by atoms with Crippen LogP contribution in [0.5, 0.6) is 0 Å². The molecule has 3 heterocycles. The first-order valence-electron chi connectivity index (χ1n) is 17.5. The molecule has 14 heteroatoms. The van der Waals surface area contributed by atoms with Crippen molar-refractivity contribution in [3.05, 3.63) is 94.3 Å². The summed E-state index contributed by atoms with van der Waals surface area (Å²) < 4.78 is 50.1. The first kappa shape index (κ1) is 38.6. The van der Waals surface area contributed by atoms with Crippen LogP contribution in [-0.4, -0.2) is 57.6 Å². The predicted octanol–water partition coefficient (Wildman–Crippen LogP) is 8.63. The van der Waals surface area contributed by atoms with Gasteiger partial charge in [0.1, 0.15) is 28.7 Å². The molecule has 4 amide bonds. The summed E-state index contributed by atoms with van der Waals surface area (Å²) in [6.45, 7) is 13.6. The van der Waals surface area contributed by atoms with Gasteiger partial charge in [-0.1, -0.05) is 32.0 Å². The van der Waals surface area contributed by atoms with Gasteiger partial charge < -0.3 is 25.6 Å². The highest BCUT2D eigenvalue weighted by Gasteiger charge is 2.35. The van der Waals surface area contributed by atoms with Crippen molar-refractivity contribution in [2.45, 2.75) is 79.5 Å². The number of fused-ring (bicyclic) bond motifs is 1. The largest absolute Gasteiger partial charge is 0.444 e. The fraction of sp³-hybridized carbons (Fsp3) is 0.359. The van der Waals surface area contributed by atoms with E-state index in [1.165, 1.54) is 18.2 Å². The number of urea groups is 1. The number of hydrogen-bond acceptors (Lipinski definition) is 7. The molecular weight excluding hydrogens is 687 g/mol. The number of hydrogen-bond donors (Lipinski definition) is 3. The van der Waals surface area contributed by atoms with Crippen molar-refractivity contribution >= 4 is 41.2 Å². The second-order valence-electron chi connectivity index (χ2n) is 13.6. The number of aromatic nitrogens is 2. The van der Waals surface area contributed by atoms with Crippen LogP contribution in [0.2, 0.25) is 0 Å². The van der Waals surface area contributed by atoms with E-state index < -0.39 is 46.8 Å². The summed E-state index contributed by atoms with van der Waals surface area (Å²) in [6, 6.07) is 11.7. The molecule has 0 aliphatic carbocycles. The third-order valence-corrected chi connectivity index (χ3v) is 8.64. The lowest BCUT2D eigenvalue weighted by molar-refractivity contribution is 0.0210. The number of para-hydroxylation sites is 1. The molecule has 4 aromatic rings. The molecule has 53 heavy (non-hydrogen) atoms. The number of nitrogens with one attached hydrogen (secondary N) is 3. The second kappa shape index (κ2) is 15.9. The Morgan fingerprint density at radius 3 is 2.21 bits per heavy atom. The number of likely N-dealkylation sites (tertiary alicyclic amines) is 1. The smallest absolute Gasteiger partial charge is 0.410 e. The van der Waals surface area contributed by atoms with Crippen molar-refractivity contribution in [3.8, 4) is 11.3 Å². The topological polar surface area (TPSA) is 129 Å². The number of anilines is 4. The molecule has 280 valence electrons. The van der Waals surface area contributed by atoms with Crippen LogP contribution in [0.15, 0.2) is 54.6 Å². The van der Waals surface area contributed by atoms with Crippen LogP contribution in [0.25, 0.3) is 11.3 Å². The van der Waals surface area contributed by atoms with E-state index >= 15 is 8.78 Å². The quantitative estimate of drug-likeness (QED) is 0.181. The van der Waals surface area contributed by atoms with Gasteiger partial charge in [0.25, 0.3) is 5.91 Å². The van der Waals surface area contributed by atoms with Crippen molar-refractivity contribution in [3.63, 3.8) is 0 Å². The Hall–Kier alpha value is -5.66. The van der Waals surface area contributed by atoms with Crippen LogP contribution in [-0.2, 0) is 11.3 Å². The summed E-state index contributed by atoms with van der Waals surface area (Å²) in [5.74, 6) is -2.88. The zero-order valence-electron chi connectivity index (χ0n) is 30.9. The zero-order valence-corrected chi connectivity index (χ0v) is 30.9. The number of halogens is 3. The zero-order chi connectivity index (χ0) is 38.6. The Morgan fingerprint density at radius 2 is 1.57 bits per heavy atom. The lowest BCUT2D eigenvalue weighted by Crippen LogP contribution is -2.45. The summed E-state index contributed by atoms with van der Waals surface area (Å²) in [6.07, 6.45) is 0.652. The Labute approximate surface area is 307 Å². The molecule has 0 spiro atoms. The van der Waals surface area contributed by atoms with Crippen LogP contribution < -0.4 is 20.9 Å². The summed E-state index contributed by atoms with van der Waals surface area (Å²) in [5, 5.41) is 8.79. The third-order valence-electron chi connectivity index (χ3n) is 8.64. The van der Waals surface area contributed by atoms with E-state index in [2.05, 4.69) is 20.9 Å². The molecule has 1 fully saturated rings. The number of carbonyl (C=O) groups is 3. The van der Waals surface area contributed by atoms with Gasteiger partial charge in [-0.25, -0.2) is 32.6 Å². The van der Waals surface area contributed by atoms with Gasteiger partial charge in [-0.3, -0.25) is 4.79 Å². The van der Waals surface area contributed by atoms with Crippen LogP contribution in [0.4, 0.5) is 45.9 Å². The maximum Gasteiger partial charge on any atom is 0.410 e. The number of amides is 4. The SMILES string of the molecule is CC.Cc1ccc(C(=O)Nc2ccc(C)c(-c3nc(NC4CCN(C(=O)OC(C)(C)C)CC4)nc4c3CNC(=O)N4c3c(F)cccc3F)c2)cc1F. The Morgan fingerprint density at radius 1 is 0.906 bits per heavy atom. The highest BCUT2D eigenvalue weighted by molar-refractivity contribution is 6.05. The van der Waals surface area contributed by atoms with Gasteiger partial charge in [-0.2, -0.15) is 4.98 Å². The van der Waals surface area contributed by atoms with Crippen LogP contribution >= 0.6 is 0 Å². The maximum absolute atomic E-state index is 15.2. The minimum atomic E-state index is -0.962. The Kier molecular flexibility index (Phi) is 11.6. The number of ether oxygens (including phenoxy) is 1. The predicted molar refractivity (Wildman–Crippen MR) is 198 cm³/mol. The third kappa shape index (κ3) is 8.70. The van der Waals surface area contributed by atoms with Gasteiger partial charge in [0.2, 0.25) is 5.95 Å². The van der Waals surface area contributed by atoms with E-state index in [0.29, 0.717) is 54.0 Å². The summed E-state index contributed by atoms with van der Waals surface area (Å²) in [4.78, 5) is 51.0. The van der Waals surface area contributed by atoms with E-state index in [-0.39, 0.29) is 29.9 Å². The second-order valence-corrected chi connectivity index (χ2v) is 13.6. The molecule has 3 N–H and O–H groups in total. The minimum Gasteiger partial charge on any atom is -0.444 e. The van der Waals surface area contributed by atoms with Gasteiger partial charge >= 0.3 is 12.1 Å². The lowest BCUT2D eigenvalue weighted by Gasteiger charge is -2.34. The maximum atomic E-state index is 15.2. The van der Waals surface area contributed by atoms with Crippen LogP contribution in [0, 0.1) is 31.3 Å². The monoisotopic (exact) mass is 731 g/mol. The molecule has 0 unspecified atom stereocenters. The number of carbonyl (C=O) groups excluding carboxylic acids is 3. The average Bonchev–Trinajstić information content (AvgIpc) is 3.11. The van der Waals surface area contributed by atoms with Gasteiger partial charge in [-0.05, 0) is 95.0 Å². The molecular formula is C39H44F3N7O4. The molecule has 0 saturated carbocycles. The summed E-state index contributed by atoms with van der Waals surface area (Å²) >= 11 is 0. The molecule has 6 rings (SSSR count). The first-order chi connectivity index (χ1) is 25.2. The summed E-state index contributed by atoms with van der Waals surface area (Å²) in [7, 11) is 0. The molecule has 0 bridgehead atoms. The van der Waals surface area contributed by atoms with Crippen LogP contribution in [0.1, 0.15) is 74.5 Å². The number of rotatable bonds is 6. The number of nitrogens with zero attached hydrogens (tertiary/aromatic N) is 4. The molecule has 0 radical (unpaired) electrons. The fourth-order valence-corrected chi connectivity index (χ4v) is 5.96. The van der Waals surface area contributed by atoms with Crippen molar-refractivity contribution in [1.82, 2.24) is 20.2 Å². The molecule has 1 aromatic heterocycles. The first-order valence-corrected chi connectivity index (χ1v) is 17.5. The van der Waals surface area contributed by atoms with E-state index in [4.69, 9.17) is 9.72 Å². The van der Waals surface area contributed by atoms with E-state index in [1.54, 1.807) is 50.8 Å². The average molecular weight is 732 g/mol. The standard InChI is InChI=1S/C37H38F3N7O4.C2H6/c1-20-10-12-24(42-33(48)22-11-9-21(2)29(40)17-22)18-25(20)30-26-19-41-35(49)47(31-27(38)7-6-8-28(31)39)32(26)45-34(44-30)43-23-13-15-46(16-14-23)36(50)51-37(3,4)5;1-2/h6-12,17-18,23H,13-16,19H2,1-5H3,(H,41,49)(H,42,48)(H,43,44,45);1-2H3. The van der Waals surface area contributed by atoms with Gasteiger partial charge in [0, 0.05) is 41.5 Å². The highest BCUT2D eigenvalue weighted by Crippen LogP contribution is 2.40. The minimum absolute atomic E-state index is 0.0228. The van der Waals surface area contributed by atoms with Crippen molar-refractivity contribution < 1.29 is 32.3 Å². The normalized spacial score (nSPS) is 14.4. The van der Waals surface area contributed by atoms with Gasteiger partial charge in [0.15, 0.2) is 5.82 Å². The van der Waals surface area contributed by atoms with E-state index in [1.807, 2.05) is 20.8 Å². The number of aryl methyl sites for hydroxylation is 2. The summed E-state index contributed by atoms with van der Waals surface area (Å²) in [5.41, 5.74) is 1.73. The Balaban J connectivity index is 0.00000266. The Bertz CT molecular complexity index is 2010. The number of benzene rings is 3. The highest BCUT2D eigenvalue weighted by atomic mass is 19.1. The van der Waals surface area contributed by atoms with E-state index in [0.717, 1.165) is 28.7 Å². The van der Waals surface area contributed by atoms with Crippen LogP contribution in [0.3, 0.4) is 0 Å². The van der Waals surface area contributed by atoms with E-state index in [9.17, 15) is 18.8 Å². The van der Waals surface area contributed by atoms with Gasteiger partial charge in [-0.15, -0.1) is 0 Å².